The molecule has 0 atom stereocenters. The van der Waals surface area contributed by atoms with E-state index in [1.165, 1.54) is 172 Å². The maximum absolute atomic E-state index is 13.0. The van der Waals surface area contributed by atoms with Crippen molar-refractivity contribution in [3.05, 3.63) is 295 Å². The molecule has 6 aliphatic rings. The Bertz CT molecular complexity index is 5410. The van der Waals surface area contributed by atoms with Crippen LogP contribution in [0.15, 0.2) is 135 Å². The van der Waals surface area contributed by atoms with Crippen LogP contribution in [0, 0.1) is 34.6 Å². The van der Waals surface area contributed by atoms with E-state index >= 15 is 0 Å². The number of nitrogens with zero attached hydrogens (tertiary/aromatic N) is 1. The molecule has 5 N–H and O–H groups in total. The zero-order valence-corrected chi connectivity index (χ0v) is 82.8. The van der Waals surface area contributed by atoms with Crippen molar-refractivity contribution in [1.82, 2.24) is 4.98 Å². The normalized spacial score (nSPS) is 18.6. The van der Waals surface area contributed by atoms with E-state index in [2.05, 4.69) is 191 Å². The van der Waals surface area contributed by atoms with E-state index in [9.17, 15) is 33.9 Å². The van der Waals surface area contributed by atoms with Crippen LogP contribution in [0.3, 0.4) is 0 Å². The van der Waals surface area contributed by atoms with Crippen molar-refractivity contribution < 1.29 is 54.3 Å². The lowest BCUT2D eigenvalue weighted by atomic mass is 9.65. The number of aromatic carboxylic acids is 5. The molecule has 6 aliphatic carbocycles. The second kappa shape index (κ2) is 34.3. The molecule has 666 valence electrons. The Kier molecular flexibility index (Phi) is 26.1. The zero-order valence-electron chi connectivity index (χ0n) is 78.8. The van der Waals surface area contributed by atoms with Gasteiger partial charge in [-0.3, -0.25) is 9.78 Å². The minimum absolute atomic E-state index is 0.0601. The van der Waals surface area contributed by atoms with Gasteiger partial charge >= 0.3 is 29.8 Å². The van der Waals surface area contributed by atoms with Gasteiger partial charge in [-0.2, -0.15) is 0 Å². The summed E-state index contributed by atoms with van der Waals surface area (Å²) in [5.41, 5.74) is 24.7. The van der Waals surface area contributed by atoms with E-state index < -0.39 is 29.8 Å². The van der Waals surface area contributed by atoms with Crippen LogP contribution >= 0.6 is 56.7 Å². The van der Waals surface area contributed by atoms with Crippen molar-refractivity contribution in [3.8, 4) is 0 Å². The molecule has 1 saturated carbocycles. The number of hydrogen-bond donors (Lipinski definition) is 5. The summed E-state index contributed by atoms with van der Waals surface area (Å²) in [6.45, 7) is 70.6. The van der Waals surface area contributed by atoms with Crippen molar-refractivity contribution >= 4 is 109 Å². The number of benzene rings is 4. The van der Waals surface area contributed by atoms with Gasteiger partial charge < -0.3 is 25.5 Å². The molecule has 12 nitrogen and oxygen atoms in total. The Labute approximate surface area is 767 Å². The van der Waals surface area contributed by atoms with Crippen LogP contribution in [0.25, 0.3) is 16.7 Å². The average molecular weight is 1790 g/mol. The number of fused-ring (bicyclic) bond motifs is 5. The maximum Gasteiger partial charge on any atom is 0.337 e. The molecule has 1 fully saturated rings. The molecule has 6 heterocycles. The number of carbonyl (C=O) groups is 6. The van der Waals surface area contributed by atoms with Gasteiger partial charge in [0.25, 0.3) is 0 Å². The molecular weight excluding hydrogens is 1660 g/mol. The monoisotopic (exact) mass is 1790 g/mol. The van der Waals surface area contributed by atoms with Gasteiger partial charge in [0.15, 0.2) is 0 Å². The number of aromatic nitrogens is 1. The van der Waals surface area contributed by atoms with Gasteiger partial charge in [-0.15, -0.1) is 56.7 Å². The van der Waals surface area contributed by atoms with Crippen LogP contribution in [0.4, 0.5) is 0 Å². The third kappa shape index (κ3) is 18.3. The molecule has 4 aromatic carbocycles. The minimum Gasteiger partial charge on any atom is -0.478 e. The predicted octanol–water partition coefficient (Wildman–Crippen LogP) is 29.4. The number of rotatable bonds is 15. The smallest absolute Gasteiger partial charge is 0.337 e. The molecule has 10 aromatic rings. The number of carbonyl (C=O) groups excluding carboxylic acids is 1. The summed E-state index contributed by atoms with van der Waals surface area (Å²) in [5.74, 6) is -4.72. The quantitative estimate of drug-likeness (QED) is 0.0606. The van der Waals surface area contributed by atoms with Crippen LogP contribution in [0.1, 0.15) is 404 Å². The summed E-state index contributed by atoms with van der Waals surface area (Å²) < 4.78 is 0. The summed E-state index contributed by atoms with van der Waals surface area (Å²) in [4.78, 5) is 85.7. The number of pyridine rings is 1. The molecule has 0 saturated heterocycles. The first-order valence-electron chi connectivity index (χ1n) is 44.2. The first-order valence-corrected chi connectivity index (χ1v) is 48.2. The van der Waals surface area contributed by atoms with E-state index in [4.69, 9.17) is 20.4 Å². The van der Waals surface area contributed by atoms with Crippen LogP contribution in [0.5, 0.6) is 0 Å². The maximum atomic E-state index is 13.0. The first kappa shape index (κ1) is 95.9. The van der Waals surface area contributed by atoms with E-state index in [1.807, 2.05) is 101 Å². The molecule has 0 radical (unpaired) electrons. The molecule has 0 amide bonds. The summed E-state index contributed by atoms with van der Waals surface area (Å²) in [5, 5.41) is 45.4. The number of carboxylic acid groups (broad SMARTS) is 5. The lowest BCUT2D eigenvalue weighted by Crippen LogP contribution is -2.32. The van der Waals surface area contributed by atoms with Crippen molar-refractivity contribution in [1.29, 1.82) is 0 Å². The Hall–Kier alpha value is -9.23. The van der Waals surface area contributed by atoms with Crippen molar-refractivity contribution in [2.24, 2.45) is 0 Å². The molecule has 0 spiro atoms. The summed E-state index contributed by atoms with van der Waals surface area (Å²) in [6, 6.07) is 31.6. The molecule has 0 unspecified atom stereocenters. The fourth-order valence-electron chi connectivity index (χ4n) is 20.2. The van der Waals surface area contributed by atoms with Crippen molar-refractivity contribution in [2.75, 3.05) is 0 Å². The minimum atomic E-state index is -1.04. The average Bonchev–Trinajstić information content (AvgIpc) is 1.53. The van der Waals surface area contributed by atoms with Crippen molar-refractivity contribution in [2.45, 2.75) is 310 Å². The van der Waals surface area contributed by atoms with Gasteiger partial charge in [0.1, 0.15) is 5.69 Å². The molecule has 6 aromatic heterocycles. The lowest BCUT2D eigenvalue weighted by Gasteiger charge is -2.40. The zero-order chi connectivity index (χ0) is 93.2. The number of carboxylic acids is 5. The largest absolute Gasteiger partial charge is 0.478 e. The van der Waals surface area contributed by atoms with Gasteiger partial charge in [0, 0.05) is 55.5 Å². The Balaban J connectivity index is 0.000000143. The Morgan fingerprint density at radius 1 is 0.262 bits per heavy atom. The number of hydrogen-bond acceptors (Lipinski definition) is 12. The topological polar surface area (TPSA) is 216 Å². The van der Waals surface area contributed by atoms with Gasteiger partial charge in [-0.25, -0.2) is 24.0 Å². The van der Waals surface area contributed by atoms with E-state index in [0.717, 1.165) is 56.7 Å². The van der Waals surface area contributed by atoms with Crippen LogP contribution in [0.2, 0.25) is 0 Å². The van der Waals surface area contributed by atoms with Crippen LogP contribution in [-0.2, 0) is 59.6 Å². The summed E-state index contributed by atoms with van der Waals surface area (Å²) in [7, 11) is 0. The lowest BCUT2D eigenvalue weighted by molar-refractivity contribution is 0.0685. The van der Waals surface area contributed by atoms with Crippen molar-refractivity contribution in [3.63, 3.8) is 0 Å². The highest BCUT2D eigenvalue weighted by Gasteiger charge is 2.52. The number of thiophene rings is 5. The highest BCUT2D eigenvalue weighted by atomic mass is 32.1. The second-order valence-corrected chi connectivity index (χ2v) is 47.9. The number of ketones is 1. The molecule has 126 heavy (non-hydrogen) atoms. The fraction of sp³-hybridized carbons (Fsp3) is 0.440. The third-order valence-corrected chi connectivity index (χ3v) is 37.3. The molecule has 0 aliphatic heterocycles. The van der Waals surface area contributed by atoms with E-state index in [-0.39, 0.29) is 70.9 Å². The summed E-state index contributed by atoms with van der Waals surface area (Å²) in [6.07, 6.45) is 15.5. The molecule has 17 heteroatoms. The van der Waals surface area contributed by atoms with Gasteiger partial charge in [0.2, 0.25) is 5.78 Å². The third-order valence-electron chi connectivity index (χ3n) is 28.6. The van der Waals surface area contributed by atoms with E-state index in [0.29, 0.717) is 27.9 Å². The van der Waals surface area contributed by atoms with Gasteiger partial charge in [-0.05, 0) is 321 Å². The second-order valence-electron chi connectivity index (χ2n) is 42.8. The summed E-state index contributed by atoms with van der Waals surface area (Å²) >= 11 is 9.21. The Morgan fingerprint density at radius 3 is 0.706 bits per heavy atom. The van der Waals surface area contributed by atoms with E-state index in [1.54, 1.807) is 70.3 Å². The molecule has 0 bridgehead atoms. The van der Waals surface area contributed by atoms with Crippen LogP contribution in [-0.4, -0.2) is 66.1 Å². The predicted molar refractivity (Wildman–Crippen MR) is 524 cm³/mol. The highest BCUT2D eigenvalue weighted by molar-refractivity contribution is 7.15. The molecular formula is C109H129NO11S5. The van der Waals surface area contributed by atoms with Crippen LogP contribution < -0.4 is 0 Å². The SMILES string of the molecule is C=C(c1ccc(C(=O)O)cc1)c1sc2c(c1C)C(C)(C)CCC2(C)C.C=C(c1ccc(C(=O)O)cc1)c1sc2c(c1C)C(C)(C)CCC2(C)C.C=C(c1ccc(C(=O)O)cc1)c1sc2c(c1C)C(C)(C)CCC2(C)C.Cc1c(C(=O)c2ccc(C(=O)O)cn2)sc2c1C(C)(C)CCC2(C)C.Cc1c(C2(c3ccc(C(=O)O)cc3)CC2)sc2c1C(C)(C)CCC2(C)C. The van der Waals surface area contributed by atoms with Gasteiger partial charge in [-0.1, -0.05) is 207 Å². The first-order chi connectivity index (χ1) is 58.3. The standard InChI is InChI=1S/C23H28O2S.3C22H26O2S.C20H23NO3S/c1-14-17-19(22(4,5)11-10-21(17,2)3)26-18(14)23(12-13-23)16-8-6-15(7-9-16)20(24)25;3*1-13(15-7-9-16(10-8-15)20(23)24)18-14(2)17-19(25-18)22(5,6)12-11-21(17,3)4;1-11-14-17(20(4,5)9-8-19(14,2)3)25-16(11)15(22)13-7-6-12(10-21-13)18(23)24/h6-9H,10-13H2,1-5H3,(H,24,25);3*7-10H,1,11-12H2,2-6H3,(H,23,24);6-7,10H,8-9H2,1-5H3,(H,23,24). The molecule has 16 rings (SSSR count). The highest BCUT2D eigenvalue weighted by Crippen LogP contribution is 2.63. The Morgan fingerprint density at radius 2 is 0.476 bits per heavy atom. The van der Waals surface area contributed by atoms with Gasteiger partial charge in [0.05, 0.1) is 32.7 Å². The fourth-order valence-corrected chi connectivity index (χ4v) is 28.5.